The van der Waals surface area contributed by atoms with Crippen LogP contribution < -0.4 is 5.73 Å². The van der Waals surface area contributed by atoms with Gasteiger partial charge in [0.15, 0.2) is 0 Å². The number of hydrogen-bond acceptors (Lipinski definition) is 2. The third kappa shape index (κ3) is 3.12. The third-order valence-electron chi connectivity index (χ3n) is 2.93. The molecule has 1 aromatic carbocycles. The topological polar surface area (TPSA) is 46.3 Å². The molecule has 3 nitrogen and oxygen atoms in total. The fourth-order valence-electron chi connectivity index (χ4n) is 1.88. The molecule has 1 atom stereocenters. The van der Waals surface area contributed by atoms with E-state index in [-0.39, 0.29) is 24.4 Å². The van der Waals surface area contributed by atoms with Gasteiger partial charge in [0.1, 0.15) is 0 Å². The first kappa shape index (κ1) is 14.3. The molecular formula is C12H16Cl2N2O. The number of benzene rings is 1. The van der Waals surface area contributed by atoms with Crippen molar-refractivity contribution in [1.29, 1.82) is 0 Å². The van der Waals surface area contributed by atoms with Crippen molar-refractivity contribution in [2.45, 2.75) is 19.4 Å². The standard InChI is InChI=1S/C12H15ClN2O.ClH/c1-8-2-3-9(6-11(8)13)12(16)15-5-4-10(14)7-15;/h2-3,6,10H,4-5,7,14H2,1H3;1H/t10-;/m0./s1. The van der Waals surface area contributed by atoms with Gasteiger partial charge in [-0.15, -0.1) is 12.4 Å². The van der Waals surface area contributed by atoms with E-state index < -0.39 is 0 Å². The predicted octanol–water partition coefficient (Wildman–Crippen LogP) is 2.24. The number of nitrogens with two attached hydrogens (primary N) is 1. The zero-order chi connectivity index (χ0) is 11.7. The van der Waals surface area contributed by atoms with Gasteiger partial charge in [-0.25, -0.2) is 0 Å². The first-order chi connectivity index (χ1) is 7.58. The number of nitrogens with zero attached hydrogens (tertiary/aromatic N) is 1. The Labute approximate surface area is 112 Å². The van der Waals surface area contributed by atoms with Crippen LogP contribution in [0, 0.1) is 6.92 Å². The van der Waals surface area contributed by atoms with Gasteiger partial charge in [0.05, 0.1) is 0 Å². The number of halogens is 2. The van der Waals surface area contributed by atoms with E-state index in [4.69, 9.17) is 17.3 Å². The molecule has 1 aliphatic rings. The molecule has 1 aliphatic heterocycles. The highest BCUT2D eigenvalue weighted by atomic mass is 35.5. The van der Waals surface area contributed by atoms with Crippen LogP contribution in [0.5, 0.6) is 0 Å². The van der Waals surface area contributed by atoms with Crippen LogP contribution in [0.15, 0.2) is 18.2 Å². The molecule has 1 fully saturated rings. The highest BCUT2D eigenvalue weighted by Crippen LogP contribution is 2.19. The van der Waals surface area contributed by atoms with Gasteiger partial charge >= 0.3 is 0 Å². The molecule has 1 saturated heterocycles. The minimum absolute atomic E-state index is 0. The number of amides is 1. The maximum Gasteiger partial charge on any atom is 0.253 e. The Hall–Kier alpha value is -0.770. The summed E-state index contributed by atoms with van der Waals surface area (Å²) in [7, 11) is 0. The average Bonchev–Trinajstić information content (AvgIpc) is 2.68. The van der Waals surface area contributed by atoms with Gasteiger partial charge in [0.2, 0.25) is 0 Å². The summed E-state index contributed by atoms with van der Waals surface area (Å²) in [5.74, 6) is 0.0230. The lowest BCUT2D eigenvalue weighted by Crippen LogP contribution is -2.31. The van der Waals surface area contributed by atoms with Crippen LogP contribution in [0.4, 0.5) is 0 Å². The summed E-state index contributed by atoms with van der Waals surface area (Å²) < 4.78 is 0. The summed E-state index contributed by atoms with van der Waals surface area (Å²) in [5.41, 5.74) is 7.40. The van der Waals surface area contributed by atoms with Gasteiger partial charge < -0.3 is 10.6 Å². The van der Waals surface area contributed by atoms with E-state index >= 15 is 0 Å². The van der Waals surface area contributed by atoms with Crippen molar-refractivity contribution in [2.24, 2.45) is 5.73 Å². The number of carbonyl (C=O) groups excluding carboxylic acids is 1. The lowest BCUT2D eigenvalue weighted by Gasteiger charge is -2.16. The largest absolute Gasteiger partial charge is 0.337 e. The van der Waals surface area contributed by atoms with E-state index in [9.17, 15) is 4.79 Å². The van der Waals surface area contributed by atoms with Crippen LogP contribution in [0.2, 0.25) is 5.02 Å². The van der Waals surface area contributed by atoms with Gasteiger partial charge in [0, 0.05) is 29.7 Å². The SMILES string of the molecule is Cc1ccc(C(=O)N2CC[C@H](N)C2)cc1Cl.Cl. The number of aryl methyl sites for hydroxylation is 1. The van der Waals surface area contributed by atoms with E-state index in [1.54, 1.807) is 11.0 Å². The summed E-state index contributed by atoms with van der Waals surface area (Å²) in [6.07, 6.45) is 0.880. The first-order valence-electron chi connectivity index (χ1n) is 5.39. The molecular weight excluding hydrogens is 259 g/mol. The molecule has 1 heterocycles. The number of carbonyl (C=O) groups is 1. The Morgan fingerprint density at radius 3 is 2.76 bits per heavy atom. The monoisotopic (exact) mass is 274 g/mol. The zero-order valence-electron chi connectivity index (χ0n) is 9.65. The summed E-state index contributed by atoms with van der Waals surface area (Å²) in [6, 6.07) is 5.52. The van der Waals surface area contributed by atoms with E-state index in [2.05, 4.69) is 0 Å². The fourth-order valence-corrected chi connectivity index (χ4v) is 2.06. The normalized spacial score (nSPS) is 19.0. The molecule has 17 heavy (non-hydrogen) atoms. The molecule has 0 saturated carbocycles. The smallest absolute Gasteiger partial charge is 0.253 e. The summed E-state index contributed by atoms with van der Waals surface area (Å²) in [4.78, 5) is 13.9. The van der Waals surface area contributed by atoms with E-state index in [0.717, 1.165) is 18.5 Å². The Morgan fingerprint density at radius 2 is 2.24 bits per heavy atom. The summed E-state index contributed by atoms with van der Waals surface area (Å²) in [5, 5.41) is 0.634. The summed E-state index contributed by atoms with van der Waals surface area (Å²) >= 11 is 6.00. The highest BCUT2D eigenvalue weighted by molar-refractivity contribution is 6.31. The molecule has 2 N–H and O–H groups in total. The van der Waals surface area contributed by atoms with Crippen LogP contribution in [0.3, 0.4) is 0 Å². The maximum atomic E-state index is 12.1. The lowest BCUT2D eigenvalue weighted by atomic mass is 10.1. The van der Waals surface area contributed by atoms with Gasteiger partial charge in [-0.2, -0.15) is 0 Å². The first-order valence-corrected chi connectivity index (χ1v) is 5.76. The molecule has 94 valence electrons. The second kappa shape index (κ2) is 5.71. The Kier molecular flexibility index (Phi) is 4.80. The van der Waals surface area contributed by atoms with Crippen molar-refractivity contribution in [1.82, 2.24) is 4.90 Å². The molecule has 1 amide bonds. The van der Waals surface area contributed by atoms with Crippen molar-refractivity contribution >= 4 is 29.9 Å². The molecule has 0 aromatic heterocycles. The molecule has 0 radical (unpaired) electrons. The van der Waals surface area contributed by atoms with Gasteiger partial charge in [-0.05, 0) is 31.0 Å². The maximum absolute atomic E-state index is 12.1. The number of likely N-dealkylation sites (tertiary alicyclic amines) is 1. The van der Waals surface area contributed by atoms with Crippen LogP contribution in [-0.2, 0) is 0 Å². The summed E-state index contributed by atoms with van der Waals surface area (Å²) in [6.45, 7) is 3.30. The van der Waals surface area contributed by atoms with Gasteiger partial charge in [-0.1, -0.05) is 17.7 Å². The quantitative estimate of drug-likeness (QED) is 0.854. The molecule has 0 spiro atoms. The average molecular weight is 275 g/mol. The second-order valence-corrected chi connectivity index (χ2v) is 4.67. The number of hydrogen-bond donors (Lipinski definition) is 1. The molecule has 0 bridgehead atoms. The zero-order valence-corrected chi connectivity index (χ0v) is 11.2. The van der Waals surface area contributed by atoms with Crippen LogP contribution in [0.25, 0.3) is 0 Å². The van der Waals surface area contributed by atoms with Crippen LogP contribution >= 0.6 is 24.0 Å². The Bertz CT molecular complexity index is 423. The second-order valence-electron chi connectivity index (χ2n) is 4.26. The van der Waals surface area contributed by atoms with E-state index in [0.29, 0.717) is 17.1 Å². The molecule has 0 aliphatic carbocycles. The molecule has 0 unspecified atom stereocenters. The third-order valence-corrected chi connectivity index (χ3v) is 3.34. The highest BCUT2D eigenvalue weighted by Gasteiger charge is 2.24. The van der Waals surface area contributed by atoms with Crippen molar-refractivity contribution in [3.05, 3.63) is 34.3 Å². The molecule has 1 aromatic rings. The van der Waals surface area contributed by atoms with E-state index in [1.807, 2.05) is 19.1 Å². The Balaban J connectivity index is 0.00000144. The van der Waals surface area contributed by atoms with Crippen molar-refractivity contribution in [3.63, 3.8) is 0 Å². The lowest BCUT2D eigenvalue weighted by molar-refractivity contribution is 0.0791. The Morgan fingerprint density at radius 1 is 1.53 bits per heavy atom. The number of rotatable bonds is 1. The van der Waals surface area contributed by atoms with Crippen molar-refractivity contribution in [2.75, 3.05) is 13.1 Å². The minimum Gasteiger partial charge on any atom is -0.337 e. The molecule has 2 rings (SSSR count). The van der Waals surface area contributed by atoms with Crippen LogP contribution in [-0.4, -0.2) is 29.9 Å². The predicted molar refractivity (Wildman–Crippen MR) is 71.9 cm³/mol. The molecule has 5 heteroatoms. The van der Waals surface area contributed by atoms with Crippen molar-refractivity contribution in [3.8, 4) is 0 Å². The fraction of sp³-hybridized carbons (Fsp3) is 0.417. The van der Waals surface area contributed by atoms with Crippen molar-refractivity contribution < 1.29 is 4.79 Å². The van der Waals surface area contributed by atoms with Gasteiger partial charge in [-0.3, -0.25) is 4.79 Å². The minimum atomic E-state index is 0. The van der Waals surface area contributed by atoms with Crippen LogP contribution in [0.1, 0.15) is 22.3 Å². The van der Waals surface area contributed by atoms with E-state index in [1.165, 1.54) is 0 Å². The van der Waals surface area contributed by atoms with Gasteiger partial charge in [0.25, 0.3) is 5.91 Å².